The lowest BCUT2D eigenvalue weighted by Crippen LogP contribution is -2.54. The summed E-state index contributed by atoms with van der Waals surface area (Å²) in [6, 6.07) is 10.5. The lowest BCUT2D eigenvalue weighted by Gasteiger charge is -2.39. The number of furan rings is 1. The Morgan fingerprint density at radius 3 is 2.61 bits per heavy atom. The average molecular weight is 334 g/mol. The first kappa shape index (κ1) is 16.2. The number of nitrogens with one attached hydrogen (secondary N) is 1. The van der Waals surface area contributed by atoms with Crippen LogP contribution in [0.1, 0.15) is 30.7 Å². The molecule has 23 heavy (non-hydrogen) atoms. The largest absolute Gasteiger partial charge is 0.468 e. The highest BCUT2D eigenvalue weighted by Crippen LogP contribution is 2.31. The van der Waals surface area contributed by atoms with Crippen LogP contribution in [-0.4, -0.2) is 31.9 Å². The maximum atomic E-state index is 13.1. The number of hydrogen-bond donors (Lipinski definition) is 1. The van der Waals surface area contributed by atoms with Crippen LogP contribution in [0.15, 0.2) is 52.0 Å². The zero-order valence-electron chi connectivity index (χ0n) is 13.4. The number of nitrogens with zero attached hydrogens (tertiary/aromatic N) is 1. The Hall–Kier alpha value is -1.63. The molecule has 1 aliphatic rings. The molecule has 0 radical (unpaired) electrons. The van der Waals surface area contributed by atoms with Gasteiger partial charge < -0.3 is 9.73 Å². The fourth-order valence-corrected chi connectivity index (χ4v) is 4.85. The van der Waals surface area contributed by atoms with Crippen molar-refractivity contribution in [2.75, 3.05) is 13.1 Å². The van der Waals surface area contributed by atoms with Gasteiger partial charge in [0.2, 0.25) is 10.0 Å². The minimum Gasteiger partial charge on any atom is -0.468 e. The molecule has 6 heteroatoms. The van der Waals surface area contributed by atoms with E-state index in [0.29, 0.717) is 24.4 Å². The van der Waals surface area contributed by atoms with Gasteiger partial charge in [0.15, 0.2) is 0 Å². The van der Waals surface area contributed by atoms with E-state index in [-0.39, 0.29) is 12.1 Å². The van der Waals surface area contributed by atoms with E-state index in [0.717, 1.165) is 11.3 Å². The van der Waals surface area contributed by atoms with Gasteiger partial charge in [0.1, 0.15) is 5.76 Å². The molecule has 1 aromatic heterocycles. The number of rotatable bonds is 4. The predicted octanol–water partition coefficient (Wildman–Crippen LogP) is 2.70. The lowest BCUT2D eigenvalue weighted by molar-refractivity contribution is 0.185. The third-order valence-corrected chi connectivity index (χ3v) is 6.29. The van der Waals surface area contributed by atoms with E-state index in [1.807, 2.05) is 38.1 Å². The van der Waals surface area contributed by atoms with Crippen molar-refractivity contribution in [1.82, 2.24) is 9.62 Å². The molecule has 1 N–H and O–H groups in total. The van der Waals surface area contributed by atoms with Crippen molar-refractivity contribution >= 4 is 10.0 Å². The van der Waals surface area contributed by atoms with Gasteiger partial charge in [0.25, 0.3) is 0 Å². The number of hydrogen-bond acceptors (Lipinski definition) is 4. The van der Waals surface area contributed by atoms with Crippen molar-refractivity contribution in [3.63, 3.8) is 0 Å². The second kappa shape index (κ2) is 6.47. The first-order chi connectivity index (χ1) is 11.0. The van der Waals surface area contributed by atoms with Crippen LogP contribution < -0.4 is 5.32 Å². The van der Waals surface area contributed by atoms with Crippen LogP contribution in [0, 0.1) is 6.92 Å². The van der Waals surface area contributed by atoms with E-state index in [1.165, 1.54) is 0 Å². The molecule has 0 spiro atoms. The van der Waals surface area contributed by atoms with Gasteiger partial charge in [-0.1, -0.05) is 24.6 Å². The third kappa shape index (κ3) is 3.06. The monoisotopic (exact) mass is 334 g/mol. The topological polar surface area (TPSA) is 62.6 Å². The fraction of sp³-hybridized carbons (Fsp3) is 0.412. The summed E-state index contributed by atoms with van der Waals surface area (Å²) < 4.78 is 33.2. The second-order valence-corrected chi connectivity index (χ2v) is 7.74. The summed E-state index contributed by atoms with van der Waals surface area (Å²) in [5, 5.41) is 3.39. The van der Waals surface area contributed by atoms with E-state index < -0.39 is 10.0 Å². The highest BCUT2D eigenvalue weighted by atomic mass is 32.2. The molecular formula is C17H22N2O3S. The lowest BCUT2D eigenvalue weighted by atomic mass is 10.0. The zero-order chi connectivity index (χ0) is 16.4. The summed E-state index contributed by atoms with van der Waals surface area (Å²) in [6.07, 6.45) is 2.33. The Kier molecular flexibility index (Phi) is 4.57. The molecule has 0 unspecified atom stereocenters. The van der Waals surface area contributed by atoms with Crippen LogP contribution in [0.25, 0.3) is 0 Å². The summed E-state index contributed by atoms with van der Waals surface area (Å²) in [4.78, 5) is 0.349. The average Bonchev–Trinajstić information content (AvgIpc) is 3.08. The van der Waals surface area contributed by atoms with Gasteiger partial charge in [-0.2, -0.15) is 4.31 Å². The van der Waals surface area contributed by atoms with E-state index in [9.17, 15) is 8.42 Å². The third-order valence-electron chi connectivity index (χ3n) is 4.35. The molecule has 2 aromatic rings. The van der Waals surface area contributed by atoms with Gasteiger partial charge in [0.05, 0.1) is 17.2 Å². The van der Waals surface area contributed by atoms with Gasteiger partial charge in [-0.25, -0.2) is 8.42 Å². The maximum absolute atomic E-state index is 13.1. The van der Waals surface area contributed by atoms with Crippen LogP contribution in [0.5, 0.6) is 0 Å². The van der Waals surface area contributed by atoms with E-state index in [2.05, 4.69) is 5.32 Å². The summed E-state index contributed by atoms with van der Waals surface area (Å²) in [7, 11) is -3.51. The molecule has 2 atom stereocenters. The van der Waals surface area contributed by atoms with Gasteiger partial charge in [-0.05, 0) is 37.6 Å². The molecule has 1 aromatic carbocycles. The summed E-state index contributed by atoms with van der Waals surface area (Å²) in [6.45, 7) is 5.02. The van der Waals surface area contributed by atoms with Crippen molar-refractivity contribution < 1.29 is 12.8 Å². The Labute approximate surface area is 137 Å². The number of aryl methyl sites for hydroxylation is 1. The summed E-state index contributed by atoms with van der Waals surface area (Å²) >= 11 is 0. The van der Waals surface area contributed by atoms with Crippen LogP contribution in [0.4, 0.5) is 0 Å². The minimum atomic E-state index is -3.51. The summed E-state index contributed by atoms with van der Waals surface area (Å²) in [5.41, 5.74) is 1.05. The molecule has 3 rings (SSSR count). The van der Waals surface area contributed by atoms with Crippen LogP contribution >= 0.6 is 0 Å². The van der Waals surface area contributed by atoms with Crippen molar-refractivity contribution in [1.29, 1.82) is 0 Å². The smallest absolute Gasteiger partial charge is 0.243 e. The number of sulfonamides is 1. The second-order valence-electron chi connectivity index (χ2n) is 5.85. The number of benzene rings is 1. The first-order valence-corrected chi connectivity index (χ1v) is 9.33. The molecule has 0 aliphatic carbocycles. The Morgan fingerprint density at radius 1 is 1.26 bits per heavy atom. The van der Waals surface area contributed by atoms with Gasteiger partial charge in [-0.3, -0.25) is 0 Å². The van der Waals surface area contributed by atoms with Crippen LogP contribution in [-0.2, 0) is 10.0 Å². The van der Waals surface area contributed by atoms with Gasteiger partial charge in [0, 0.05) is 19.1 Å². The molecule has 1 aliphatic heterocycles. The molecule has 0 amide bonds. The molecule has 0 saturated carbocycles. The maximum Gasteiger partial charge on any atom is 0.243 e. The normalized spacial score (nSPS) is 23.0. The van der Waals surface area contributed by atoms with Crippen LogP contribution in [0.3, 0.4) is 0 Å². The van der Waals surface area contributed by atoms with Crippen molar-refractivity contribution in [3.05, 3.63) is 54.0 Å². The standard InChI is InChI=1S/C17H22N2O3S/c1-3-15-17(16-5-4-12-22-16)18-10-11-19(15)23(20,21)14-8-6-13(2)7-9-14/h4-9,12,15,17-18H,3,10-11H2,1-2H3/t15-,17-/m0/s1. The van der Waals surface area contributed by atoms with Crippen molar-refractivity contribution in [3.8, 4) is 0 Å². The zero-order valence-corrected chi connectivity index (χ0v) is 14.2. The predicted molar refractivity (Wildman–Crippen MR) is 88.6 cm³/mol. The summed E-state index contributed by atoms with van der Waals surface area (Å²) in [5.74, 6) is 0.778. The van der Waals surface area contributed by atoms with Crippen LogP contribution in [0.2, 0.25) is 0 Å². The van der Waals surface area contributed by atoms with E-state index in [1.54, 1.807) is 22.7 Å². The highest BCUT2D eigenvalue weighted by molar-refractivity contribution is 7.89. The Balaban J connectivity index is 1.95. The molecule has 5 nitrogen and oxygen atoms in total. The highest BCUT2D eigenvalue weighted by Gasteiger charge is 2.39. The quantitative estimate of drug-likeness (QED) is 0.934. The molecule has 1 saturated heterocycles. The molecular weight excluding hydrogens is 312 g/mol. The van der Waals surface area contributed by atoms with E-state index in [4.69, 9.17) is 4.42 Å². The van der Waals surface area contributed by atoms with E-state index >= 15 is 0 Å². The SMILES string of the molecule is CC[C@H]1[C@@H](c2ccco2)NCCN1S(=O)(=O)c1ccc(C)cc1. The first-order valence-electron chi connectivity index (χ1n) is 7.89. The minimum absolute atomic E-state index is 0.121. The van der Waals surface area contributed by atoms with Crippen molar-refractivity contribution in [2.24, 2.45) is 0 Å². The molecule has 1 fully saturated rings. The molecule has 0 bridgehead atoms. The van der Waals surface area contributed by atoms with Gasteiger partial charge in [-0.15, -0.1) is 0 Å². The Morgan fingerprint density at radius 2 is 2.00 bits per heavy atom. The number of piperazine rings is 1. The molecule has 124 valence electrons. The fourth-order valence-electron chi connectivity index (χ4n) is 3.14. The van der Waals surface area contributed by atoms with Gasteiger partial charge >= 0.3 is 0 Å². The van der Waals surface area contributed by atoms with Crippen molar-refractivity contribution in [2.45, 2.75) is 37.2 Å². The molecule has 2 heterocycles. The Bertz CT molecular complexity index is 739.